The van der Waals surface area contributed by atoms with Gasteiger partial charge in [0.2, 0.25) is 0 Å². The molecule has 2 nitrogen and oxygen atoms in total. The molecule has 3 heterocycles. The molecule has 0 saturated heterocycles. The average Bonchev–Trinajstić information content (AvgIpc) is 4.00. The third-order valence-corrected chi connectivity index (χ3v) is 13.9. The van der Waals surface area contributed by atoms with E-state index in [0.29, 0.717) is 0 Å². The van der Waals surface area contributed by atoms with E-state index in [0.717, 1.165) is 39.0 Å². The van der Waals surface area contributed by atoms with Crippen LogP contribution in [0.5, 0.6) is 0 Å². The third kappa shape index (κ3) is 5.09. The number of fused-ring (bicyclic) bond motifs is 9. The van der Waals surface area contributed by atoms with E-state index < -0.39 is 0 Å². The number of anilines is 3. The van der Waals surface area contributed by atoms with Gasteiger partial charge in [-0.1, -0.05) is 164 Å². The van der Waals surface area contributed by atoms with Crippen LogP contribution in [0.2, 0.25) is 0 Å². The average molecular weight is 776 g/mol. The van der Waals surface area contributed by atoms with Gasteiger partial charge in [-0.3, -0.25) is 0 Å². The molecule has 0 unspecified atom stereocenters. The molecule has 0 aliphatic heterocycles. The topological polar surface area (TPSA) is 16.4 Å². The zero-order valence-electron chi connectivity index (χ0n) is 31.2. The van der Waals surface area contributed by atoms with Gasteiger partial charge in [0.1, 0.15) is 11.2 Å². The van der Waals surface area contributed by atoms with Gasteiger partial charge in [0, 0.05) is 51.3 Å². The highest BCUT2D eigenvalue weighted by Crippen LogP contribution is 2.55. The normalized spacial score (nSPS) is 11.8. The van der Waals surface area contributed by atoms with Crippen molar-refractivity contribution in [3.63, 3.8) is 0 Å². The molecule has 9 aromatic carbocycles. The first-order valence-electron chi connectivity index (χ1n) is 19.6. The minimum Gasteiger partial charge on any atom is -0.456 e. The largest absolute Gasteiger partial charge is 0.456 e. The molecule has 12 aromatic rings. The van der Waals surface area contributed by atoms with Gasteiger partial charge in [-0.2, -0.15) is 0 Å². The van der Waals surface area contributed by atoms with Crippen molar-refractivity contribution in [1.82, 2.24) is 0 Å². The van der Waals surface area contributed by atoms with Crippen molar-refractivity contribution < 1.29 is 4.42 Å². The van der Waals surface area contributed by atoms with E-state index in [1.807, 2.05) is 22.7 Å². The van der Waals surface area contributed by atoms with Crippen LogP contribution in [-0.2, 0) is 0 Å². The summed E-state index contributed by atoms with van der Waals surface area (Å²) in [6, 6.07) is 72.6. The van der Waals surface area contributed by atoms with E-state index in [9.17, 15) is 0 Å². The lowest BCUT2D eigenvalue weighted by Crippen LogP contribution is -2.12. The summed E-state index contributed by atoms with van der Waals surface area (Å²) in [5.41, 5.74) is 12.4. The molecular weight excluding hydrogens is 743 g/mol. The summed E-state index contributed by atoms with van der Waals surface area (Å²) < 4.78 is 11.7. The molecule has 0 amide bonds. The molecule has 0 spiro atoms. The fourth-order valence-corrected chi connectivity index (χ4v) is 11.5. The lowest BCUT2D eigenvalue weighted by Gasteiger charge is -2.30. The summed E-state index contributed by atoms with van der Waals surface area (Å²) in [5, 5.41) is 7.17. The quantitative estimate of drug-likeness (QED) is 0.167. The van der Waals surface area contributed by atoms with E-state index >= 15 is 0 Å². The highest BCUT2D eigenvalue weighted by Gasteiger charge is 2.29. The number of para-hydroxylation sites is 1. The van der Waals surface area contributed by atoms with E-state index in [-0.39, 0.29) is 0 Å². The van der Waals surface area contributed by atoms with Crippen molar-refractivity contribution in [3.8, 4) is 33.4 Å². The highest BCUT2D eigenvalue weighted by atomic mass is 32.1. The zero-order valence-corrected chi connectivity index (χ0v) is 32.9. The first-order valence-corrected chi connectivity index (χ1v) is 21.2. The predicted molar refractivity (Wildman–Crippen MR) is 250 cm³/mol. The summed E-state index contributed by atoms with van der Waals surface area (Å²) in [6.45, 7) is 0. The van der Waals surface area contributed by atoms with Gasteiger partial charge < -0.3 is 9.32 Å². The van der Waals surface area contributed by atoms with Gasteiger partial charge in [-0.05, 0) is 64.2 Å². The number of hydrogen-bond donors (Lipinski definition) is 0. The van der Waals surface area contributed by atoms with E-state index in [4.69, 9.17) is 4.42 Å². The van der Waals surface area contributed by atoms with Crippen molar-refractivity contribution in [2.45, 2.75) is 0 Å². The SMILES string of the molecule is c1ccc(-c2ccc3sc4c(-c5ccccc5)cccc4c3c2N(c2cccc3oc4ccccc4c23)c2ccc(-c3ccccc3)c3sc4ccccc4c23)cc1. The predicted octanol–water partition coefficient (Wildman–Crippen LogP) is 16.8. The van der Waals surface area contributed by atoms with Crippen molar-refractivity contribution in [2.75, 3.05) is 4.90 Å². The standard InChI is InChI=1S/C54H33NOS2/c1-4-16-34(17-5-1)37-31-33-48-51(42-25-14-24-38(53(42)58-48)35-18-6-2-7-19-35)52(37)55(43-26-15-28-46-49(43)40-22-10-12-27-45(40)56-46)44-32-30-39(36-20-8-3-9-21-36)54-50(44)41-23-11-13-29-47(41)57-54/h1-33H. The smallest absolute Gasteiger partial charge is 0.137 e. The Kier molecular flexibility index (Phi) is 7.62. The maximum absolute atomic E-state index is 6.63. The molecular formula is C54H33NOS2. The molecule has 0 saturated carbocycles. The van der Waals surface area contributed by atoms with Crippen molar-refractivity contribution in [3.05, 3.63) is 200 Å². The first kappa shape index (κ1) is 33.2. The second-order valence-corrected chi connectivity index (χ2v) is 16.8. The van der Waals surface area contributed by atoms with Gasteiger partial charge in [-0.15, -0.1) is 22.7 Å². The van der Waals surface area contributed by atoms with Crippen LogP contribution in [0.1, 0.15) is 0 Å². The molecule has 0 bridgehead atoms. The summed E-state index contributed by atoms with van der Waals surface area (Å²) in [6.07, 6.45) is 0. The van der Waals surface area contributed by atoms with Crippen LogP contribution in [0.25, 0.3) is 95.7 Å². The summed E-state index contributed by atoms with van der Waals surface area (Å²) in [4.78, 5) is 2.58. The number of rotatable bonds is 6. The van der Waals surface area contributed by atoms with Gasteiger partial charge in [0.25, 0.3) is 0 Å². The van der Waals surface area contributed by atoms with E-state index in [1.165, 1.54) is 73.7 Å². The molecule has 0 atom stereocenters. The fraction of sp³-hybridized carbons (Fsp3) is 0. The van der Waals surface area contributed by atoms with E-state index in [1.54, 1.807) is 0 Å². The van der Waals surface area contributed by atoms with Gasteiger partial charge in [0.05, 0.1) is 22.4 Å². The van der Waals surface area contributed by atoms with Gasteiger partial charge >= 0.3 is 0 Å². The first-order chi connectivity index (χ1) is 28.8. The Balaban J connectivity index is 1.29. The lowest BCUT2D eigenvalue weighted by atomic mass is 9.95. The zero-order chi connectivity index (χ0) is 38.2. The van der Waals surface area contributed by atoms with Crippen LogP contribution in [-0.4, -0.2) is 0 Å². The molecule has 272 valence electrons. The molecule has 12 rings (SSSR count). The number of thiophene rings is 2. The number of furan rings is 1. The summed E-state index contributed by atoms with van der Waals surface area (Å²) in [7, 11) is 0. The third-order valence-electron chi connectivity index (χ3n) is 11.5. The van der Waals surface area contributed by atoms with Gasteiger partial charge in [-0.25, -0.2) is 0 Å². The van der Waals surface area contributed by atoms with Crippen LogP contribution in [0.15, 0.2) is 205 Å². The number of nitrogens with zero attached hydrogens (tertiary/aromatic N) is 1. The minimum atomic E-state index is 0.867. The second-order valence-electron chi connectivity index (χ2n) is 14.7. The molecule has 0 radical (unpaired) electrons. The number of hydrogen-bond acceptors (Lipinski definition) is 4. The maximum atomic E-state index is 6.63. The fourth-order valence-electron chi connectivity index (χ4n) is 8.95. The van der Waals surface area contributed by atoms with Crippen molar-refractivity contribution in [2.24, 2.45) is 0 Å². The summed E-state index contributed by atoms with van der Waals surface area (Å²) in [5.74, 6) is 0. The Morgan fingerprint density at radius 1 is 0.328 bits per heavy atom. The van der Waals surface area contributed by atoms with Crippen LogP contribution in [0, 0.1) is 0 Å². The Morgan fingerprint density at radius 3 is 1.64 bits per heavy atom. The van der Waals surface area contributed by atoms with Crippen LogP contribution in [0.3, 0.4) is 0 Å². The van der Waals surface area contributed by atoms with Crippen molar-refractivity contribution >= 4 is 102 Å². The molecule has 58 heavy (non-hydrogen) atoms. The molecule has 4 heteroatoms. The molecule has 0 aliphatic rings. The van der Waals surface area contributed by atoms with Crippen LogP contribution < -0.4 is 4.90 Å². The van der Waals surface area contributed by atoms with Crippen LogP contribution in [0.4, 0.5) is 17.1 Å². The van der Waals surface area contributed by atoms with Crippen LogP contribution >= 0.6 is 22.7 Å². The monoisotopic (exact) mass is 775 g/mol. The Morgan fingerprint density at radius 2 is 0.879 bits per heavy atom. The number of benzene rings is 9. The van der Waals surface area contributed by atoms with Crippen molar-refractivity contribution in [1.29, 1.82) is 0 Å². The molecule has 0 fully saturated rings. The Labute approximate surface area is 343 Å². The Hall–Kier alpha value is -6.98. The molecule has 0 aliphatic carbocycles. The lowest BCUT2D eigenvalue weighted by molar-refractivity contribution is 0.669. The maximum Gasteiger partial charge on any atom is 0.137 e. The molecule has 0 N–H and O–H groups in total. The molecule has 3 aromatic heterocycles. The Bertz CT molecular complexity index is 3510. The minimum absolute atomic E-state index is 0.867. The van der Waals surface area contributed by atoms with Gasteiger partial charge in [0.15, 0.2) is 0 Å². The second kappa shape index (κ2) is 13.3. The summed E-state index contributed by atoms with van der Waals surface area (Å²) >= 11 is 3.76. The highest BCUT2D eigenvalue weighted by molar-refractivity contribution is 7.27. The van der Waals surface area contributed by atoms with E-state index in [2.05, 4.69) is 205 Å².